The van der Waals surface area contributed by atoms with Gasteiger partial charge in [-0.25, -0.2) is 4.79 Å². The second-order valence-corrected chi connectivity index (χ2v) is 7.22. The Bertz CT molecular complexity index is 494. The highest BCUT2D eigenvalue weighted by atomic mass is 16.6. The number of carbonyl (C=O) groups is 1. The van der Waals surface area contributed by atoms with Crippen LogP contribution in [-0.4, -0.2) is 29.7 Å². The zero-order valence-corrected chi connectivity index (χ0v) is 15.5. The standard InChI is InChI=1S/C19H32N2O2/c1-7-8-10-15(2)20-17-12-9-11-16(13-17)14-21(6)18(22)23-19(3,4)5/h9,11-13,15,20H,7-8,10,14H2,1-6H3. The number of carbonyl (C=O) groups excluding carboxylic acids is 1. The number of amides is 1. The number of nitrogens with one attached hydrogen (secondary N) is 1. The van der Waals surface area contributed by atoms with Crippen LogP contribution in [0.2, 0.25) is 0 Å². The van der Waals surface area contributed by atoms with Gasteiger partial charge in [0.05, 0.1) is 0 Å². The summed E-state index contributed by atoms with van der Waals surface area (Å²) < 4.78 is 5.38. The fraction of sp³-hybridized carbons (Fsp3) is 0.632. The summed E-state index contributed by atoms with van der Waals surface area (Å²) in [5.41, 5.74) is 1.72. The monoisotopic (exact) mass is 320 g/mol. The first-order valence-electron chi connectivity index (χ1n) is 8.51. The summed E-state index contributed by atoms with van der Waals surface area (Å²) in [5.74, 6) is 0. The first-order chi connectivity index (χ1) is 10.7. The highest BCUT2D eigenvalue weighted by Gasteiger charge is 2.19. The minimum atomic E-state index is -0.469. The minimum absolute atomic E-state index is 0.299. The fourth-order valence-electron chi connectivity index (χ4n) is 2.30. The molecule has 1 aromatic carbocycles. The lowest BCUT2D eigenvalue weighted by Gasteiger charge is -2.25. The van der Waals surface area contributed by atoms with Crippen molar-refractivity contribution in [1.29, 1.82) is 0 Å². The van der Waals surface area contributed by atoms with Crippen molar-refractivity contribution >= 4 is 11.8 Å². The third kappa shape index (κ3) is 7.91. The molecule has 23 heavy (non-hydrogen) atoms. The summed E-state index contributed by atoms with van der Waals surface area (Å²) in [6, 6.07) is 8.67. The van der Waals surface area contributed by atoms with Gasteiger partial charge in [0, 0.05) is 25.3 Å². The molecule has 0 radical (unpaired) electrons. The van der Waals surface area contributed by atoms with Gasteiger partial charge in [0.25, 0.3) is 0 Å². The Hall–Kier alpha value is -1.71. The Labute approximate surface area is 141 Å². The number of ether oxygens (including phenoxy) is 1. The van der Waals surface area contributed by atoms with E-state index in [9.17, 15) is 4.79 Å². The maximum absolute atomic E-state index is 12.0. The summed E-state index contributed by atoms with van der Waals surface area (Å²) in [5, 5.41) is 3.52. The average Bonchev–Trinajstić information content (AvgIpc) is 2.43. The summed E-state index contributed by atoms with van der Waals surface area (Å²) in [4.78, 5) is 13.6. The molecule has 0 saturated heterocycles. The molecule has 0 fully saturated rings. The molecule has 4 nitrogen and oxygen atoms in total. The van der Waals surface area contributed by atoms with E-state index in [0.29, 0.717) is 12.6 Å². The van der Waals surface area contributed by atoms with E-state index in [-0.39, 0.29) is 6.09 Å². The summed E-state index contributed by atoms with van der Waals surface area (Å²) >= 11 is 0. The van der Waals surface area contributed by atoms with Crippen molar-refractivity contribution in [2.75, 3.05) is 12.4 Å². The number of anilines is 1. The van der Waals surface area contributed by atoms with Crippen molar-refractivity contribution in [3.8, 4) is 0 Å². The number of nitrogens with zero attached hydrogens (tertiary/aromatic N) is 1. The maximum Gasteiger partial charge on any atom is 0.410 e. The zero-order chi connectivity index (χ0) is 17.5. The number of hydrogen-bond acceptors (Lipinski definition) is 3. The van der Waals surface area contributed by atoms with E-state index in [0.717, 1.165) is 11.3 Å². The smallest absolute Gasteiger partial charge is 0.410 e. The lowest BCUT2D eigenvalue weighted by Crippen LogP contribution is -2.33. The second-order valence-electron chi connectivity index (χ2n) is 7.22. The van der Waals surface area contributed by atoms with Crippen molar-refractivity contribution < 1.29 is 9.53 Å². The van der Waals surface area contributed by atoms with E-state index >= 15 is 0 Å². The van der Waals surface area contributed by atoms with Crippen LogP contribution < -0.4 is 5.32 Å². The van der Waals surface area contributed by atoms with Crippen LogP contribution in [0.15, 0.2) is 24.3 Å². The summed E-state index contributed by atoms with van der Waals surface area (Å²) in [6.45, 7) is 10.6. The SMILES string of the molecule is CCCCC(C)Nc1cccc(CN(C)C(=O)OC(C)(C)C)c1. The Morgan fingerprint density at radius 1 is 1.35 bits per heavy atom. The molecule has 1 rings (SSSR count). The third-order valence-corrected chi connectivity index (χ3v) is 3.46. The van der Waals surface area contributed by atoms with Crippen molar-refractivity contribution in [2.24, 2.45) is 0 Å². The van der Waals surface area contributed by atoms with Crippen molar-refractivity contribution in [1.82, 2.24) is 4.90 Å². The Kier molecular flexibility index (Phi) is 7.40. The van der Waals surface area contributed by atoms with Crippen LogP contribution in [0.1, 0.15) is 59.4 Å². The van der Waals surface area contributed by atoms with E-state index < -0.39 is 5.60 Å². The molecule has 0 heterocycles. The van der Waals surface area contributed by atoms with Crippen LogP contribution in [0.3, 0.4) is 0 Å². The van der Waals surface area contributed by atoms with E-state index in [1.807, 2.05) is 32.9 Å². The molecule has 130 valence electrons. The highest BCUT2D eigenvalue weighted by molar-refractivity contribution is 5.67. The van der Waals surface area contributed by atoms with Crippen LogP contribution in [0, 0.1) is 0 Å². The first-order valence-corrected chi connectivity index (χ1v) is 8.51. The predicted octanol–water partition coefficient (Wildman–Crippen LogP) is 5.04. The molecule has 0 aliphatic heterocycles. The molecule has 0 spiro atoms. The van der Waals surface area contributed by atoms with Gasteiger partial charge in [0.1, 0.15) is 5.60 Å². The Morgan fingerprint density at radius 2 is 2.04 bits per heavy atom. The van der Waals surface area contributed by atoms with E-state index in [4.69, 9.17) is 4.74 Å². The first kappa shape index (κ1) is 19.3. The maximum atomic E-state index is 12.0. The number of rotatable bonds is 7. The molecule has 1 aromatic rings. The molecule has 1 N–H and O–H groups in total. The molecular weight excluding hydrogens is 288 g/mol. The zero-order valence-electron chi connectivity index (χ0n) is 15.5. The lowest BCUT2D eigenvalue weighted by molar-refractivity contribution is 0.0285. The molecule has 1 amide bonds. The molecule has 4 heteroatoms. The van der Waals surface area contributed by atoms with Gasteiger partial charge < -0.3 is 15.0 Å². The van der Waals surface area contributed by atoms with Gasteiger partial charge in [-0.2, -0.15) is 0 Å². The number of hydrogen-bond donors (Lipinski definition) is 1. The Balaban J connectivity index is 2.61. The molecule has 1 unspecified atom stereocenters. The van der Waals surface area contributed by atoms with Crippen LogP contribution in [0.25, 0.3) is 0 Å². The second kappa shape index (κ2) is 8.80. The topological polar surface area (TPSA) is 41.6 Å². The third-order valence-electron chi connectivity index (χ3n) is 3.46. The highest BCUT2D eigenvalue weighted by Crippen LogP contribution is 2.16. The molecular formula is C19H32N2O2. The van der Waals surface area contributed by atoms with E-state index in [1.165, 1.54) is 19.3 Å². The van der Waals surface area contributed by atoms with Crippen molar-refractivity contribution in [2.45, 2.75) is 72.1 Å². The average molecular weight is 320 g/mol. The molecule has 0 aliphatic rings. The Morgan fingerprint density at radius 3 is 2.65 bits per heavy atom. The van der Waals surface area contributed by atoms with Crippen LogP contribution in [0.5, 0.6) is 0 Å². The summed E-state index contributed by atoms with van der Waals surface area (Å²) in [7, 11) is 1.76. The van der Waals surface area contributed by atoms with Gasteiger partial charge in [-0.15, -0.1) is 0 Å². The van der Waals surface area contributed by atoms with Gasteiger partial charge >= 0.3 is 6.09 Å². The van der Waals surface area contributed by atoms with Gasteiger partial charge in [-0.3, -0.25) is 0 Å². The molecule has 0 aromatic heterocycles. The quantitative estimate of drug-likeness (QED) is 0.765. The molecule has 0 saturated carbocycles. The largest absolute Gasteiger partial charge is 0.444 e. The predicted molar refractivity (Wildman–Crippen MR) is 96.8 cm³/mol. The number of benzene rings is 1. The lowest BCUT2D eigenvalue weighted by atomic mass is 10.1. The van der Waals surface area contributed by atoms with Crippen molar-refractivity contribution in [3.05, 3.63) is 29.8 Å². The normalized spacial score (nSPS) is 12.6. The van der Waals surface area contributed by atoms with Gasteiger partial charge in [-0.05, 0) is 51.8 Å². The van der Waals surface area contributed by atoms with Crippen LogP contribution in [-0.2, 0) is 11.3 Å². The number of unbranched alkanes of at least 4 members (excludes halogenated alkanes) is 1. The fourth-order valence-corrected chi connectivity index (χ4v) is 2.30. The molecule has 1 atom stereocenters. The van der Waals surface area contributed by atoms with Crippen LogP contribution in [0.4, 0.5) is 10.5 Å². The minimum Gasteiger partial charge on any atom is -0.444 e. The van der Waals surface area contributed by atoms with Gasteiger partial charge in [-0.1, -0.05) is 31.9 Å². The van der Waals surface area contributed by atoms with Gasteiger partial charge in [0.2, 0.25) is 0 Å². The molecule has 0 bridgehead atoms. The van der Waals surface area contributed by atoms with E-state index in [2.05, 4.69) is 31.3 Å². The van der Waals surface area contributed by atoms with E-state index in [1.54, 1.807) is 11.9 Å². The molecule has 0 aliphatic carbocycles. The van der Waals surface area contributed by atoms with Gasteiger partial charge in [0.15, 0.2) is 0 Å². The van der Waals surface area contributed by atoms with Crippen molar-refractivity contribution in [3.63, 3.8) is 0 Å². The van der Waals surface area contributed by atoms with Crippen LogP contribution >= 0.6 is 0 Å². The summed E-state index contributed by atoms with van der Waals surface area (Å²) in [6.07, 6.45) is 3.31.